The molecule has 0 aromatic rings. The highest BCUT2D eigenvalue weighted by Crippen LogP contribution is 2.33. The number of hydrazine groups is 1. The first-order chi connectivity index (χ1) is 11.5. The van der Waals surface area contributed by atoms with E-state index in [1.54, 1.807) is 0 Å². The highest BCUT2D eigenvalue weighted by molar-refractivity contribution is 6.07. The number of rotatable bonds is 4. The molecule has 4 amide bonds. The molecule has 0 radical (unpaired) electrons. The smallest absolute Gasteiger partial charge is 0.322 e. The van der Waals surface area contributed by atoms with Crippen LogP contribution in [0.15, 0.2) is 0 Å². The van der Waals surface area contributed by atoms with Crippen LogP contribution in [0.5, 0.6) is 0 Å². The van der Waals surface area contributed by atoms with Crippen molar-refractivity contribution in [1.29, 1.82) is 0 Å². The van der Waals surface area contributed by atoms with Gasteiger partial charge in [-0.3, -0.25) is 15.0 Å². The van der Waals surface area contributed by atoms with Gasteiger partial charge in [-0.2, -0.15) is 5.01 Å². The number of hydrogen-bond acceptors (Lipinski definition) is 4. The largest absolute Gasteiger partial charge is 0.344 e. The van der Waals surface area contributed by atoms with Crippen molar-refractivity contribution < 1.29 is 14.4 Å². The van der Waals surface area contributed by atoms with Crippen LogP contribution in [0.25, 0.3) is 0 Å². The quantitative estimate of drug-likeness (QED) is 0.760. The zero-order chi connectivity index (χ0) is 17.2. The van der Waals surface area contributed by atoms with Crippen LogP contribution in [0.2, 0.25) is 0 Å². The number of nitrogens with one attached hydrogen (secondary N) is 2. The third-order valence-electron chi connectivity index (χ3n) is 5.50. The molecule has 24 heavy (non-hydrogen) atoms. The Morgan fingerprint density at radius 3 is 2.71 bits per heavy atom. The maximum atomic E-state index is 12.6. The number of nitrogens with zero attached hydrogens (tertiary/aromatic N) is 2. The van der Waals surface area contributed by atoms with Crippen LogP contribution in [-0.4, -0.2) is 52.9 Å². The van der Waals surface area contributed by atoms with Crippen LogP contribution >= 0.6 is 0 Å². The highest BCUT2D eigenvalue weighted by atomic mass is 16.2. The fourth-order valence-electron chi connectivity index (χ4n) is 4.15. The molecule has 1 spiro atoms. The van der Waals surface area contributed by atoms with E-state index < -0.39 is 11.6 Å². The van der Waals surface area contributed by atoms with Crippen LogP contribution in [0.3, 0.4) is 0 Å². The van der Waals surface area contributed by atoms with Crippen molar-refractivity contribution in [3.8, 4) is 0 Å². The number of urea groups is 1. The topological polar surface area (TPSA) is 81.8 Å². The minimum Gasteiger partial charge on any atom is -0.322 e. The number of amides is 4. The third-order valence-corrected chi connectivity index (χ3v) is 5.50. The lowest BCUT2D eigenvalue weighted by molar-refractivity contribution is -0.140. The standard InChI is InChI=1S/C17H28N4O3/c1-13-6-5-10-20(12-13)11-7-14(22)19-21-15(23)17(18-16(21)24)8-3-2-4-9-17/h13H,2-12H2,1H3,(H,18,24)(H,19,22). The van der Waals surface area contributed by atoms with Crippen molar-refractivity contribution in [2.75, 3.05) is 19.6 Å². The predicted molar refractivity (Wildman–Crippen MR) is 88.8 cm³/mol. The molecule has 2 saturated heterocycles. The van der Waals surface area contributed by atoms with E-state index in [0.29, 0.717) is 31.7 Å². The number of carbonyl (C=O) groups excluding carboxylic acids is 3. The van der Waals surface area contributed by atoms with E-state index in [1.165, 1.54) is 12.8 Å². The van der Waals surface area contributed by atoms with Gasteiger partial charge >= 0.3 is 6.03 Å². The summed E-state index contributed by atoms with van der Waals surface area (Å²) in [4.78, 5) is 39.2. The lowest BCUT2D eigenvalue weighted by atomic mass is 9.82. The number of imide groups is 1. The van der Waals surface area contributed by atoms with E-state index in [9.17, 15) is 14.4 Å². The molecule has 3 fully saturated rings. The molecule has 1 atom stereocenters. The van der Waals surface area contributed by atoms with Crippen LogP contribution < -0.4 is 10.7 Å². The van der Waals surface area contributed by atoms with Gasteiger partial charge < -0.3 is 10.2 Å². The van der Waals surface area contributed by atoms with Crippen molar-refractivity contribution in [1.82, 2.24) is 20.7 Å². The fraction of sp³-hybridized carbons (Fsp3) is 0.824. The van der Waals surface area contributed by atoms with Gasteiger partial charge in [0.1, 0.15) is 5.54 Å². The molecule has 3 rings (SSSR count). The van der Waals surface area contributed by atoms with E-state index >= 15 is 0 Å². The molecule has 2 N–H and O–H groups in total. The first-order valence-electron chi connectivity index (χ1n) is 9.19. The van der Waals surface area contributed by atoms with Gasteiger partial charge in [-0.25, -0.2) is 4.79 Å². The van der Waals surface area contributed by atoms with Crippen LogP contribution in [-0.2, 0) is 9.59 Å². The zero-order valence-corrected chi connectivity index (χ0v) is 14.5. The molecular formula is C17H28N4O3. The molecule has 2 heterocycles. The molecule has 1 unspecified atom stereocenters. The Bertz CT molecular complexity index is 516. The fourth-order valence-corrected chi connectivity index (χ4v) is 4.15. The summed E-state index contributed by atoms with van der Waals surface area (Å²) in [6.07, 6.45) is 6.99. The van der Waals surface area contributed by atoms with Gasteiger partial charge in [0.25, 0.3) is 5.91 Å². The Labute approximate surface area is 143 Å². The molecular weight excluding hydrogens is 308 g/mol. The maximum absolute atomic E-state index is 12.6. The molecule has 0 aromatic heterocycles. The minimum atomic E-state index is -0.787. The second-order valence-electron chi connectivity index (χ2n) is 7.55. The molecule has 1 saturated carbocycles. The van der Waals surface area contributed by atoms with Crippen LogP contribution in [0, 0.1) is 5.92 Å². The van der Waals surface area contributed by atoms with Crippen LogP contribution in [0.1, 0.15) is 58.3 Å². The van der Waals surface area contributed by atoms with Crippen molar-refractivity contribution in [3.63, 3.8) is 0 Å². The van der Waals surface area contributed by atoms with E-state index in [4.69, 9.17) is 0 Å². The van der Waals surface area contributed by atoms with Crippen molar-refractivity contribution >= 4 is 17.8 Å². The molecule has 0 bridgehead atoms. The summed E-state index contributed by atoms with van der Waals surface area (Å²) in [5.41, 5.74) is 1.72. The van der Waals surface area contributed by atoms with Crippen molar-refractivity contribution in [3.05, 3.63) is 0 Å². The van der Waals surface area contributed by atoms with E-state index in [2.05, 4.69) is 22.6 Å². The van der Waals surface area contributed by atoms with E-state index in [-0.39, 0.29) is 11.8 Å². The molecule has 7 nitrogen and oxygen atoms in total. The van der Waals surface area contributed by atoms with Gasteiger partial charge in [-0.05, 0) is 38.1 Å². The molecule has 0 aromatic carbocycles. The van der Waals surface area contributed by atoms with Gasteiger partial charge in [-0.1, -0.05) is 26.2 Å². The minimum absolute atomic E-state index is 0.274. The first kappa shape index (κ1) is 17.2. The lowest BCUT2D eigenvalue weighted by Gasteiger charge is -2.31. The van der Waals surface area contributed by atoms with E-state index in [0.717, 1.165) is 37.4 Å². The van der Waals surface area contributed by atoms with Crippen molar-refractivity contribution in [2.45, 2.75) is 63.8 Å². The third kappa shape index (κ3) is 3.55. The summed E-state index contributed by atoms with van der Waals surface area (Å²) < 4.78 is 0. The van der Waals surface area contributed by atoms with Crippen molar-refractivity contribution in [2.24, 2.45) is 5.92 Å². The Morgan fingerprint density at radius 2 is 2.00 bits per heavy atom. The molecule has 134 valence electrons. The molecule has 3 aliphatic rings. The molecule has 7 heteroatoms. The SMILES string of the molecule is CC1CCCN(CCC(=O)NN2C(=O)NC3(CCCCC3)C2=O)C1. The second kappa shape index (κ2) is 7.09. The second-order valence-corrected chi connectivity index (χ2v) is 7.55. The van der Waals surface area contributed by atoms with Gasteiger partial charge in [0.2, 0.25) is 5.91 Å². The van der Waals surface area contributed by atoms with Gasteiger partial charge in [-0.15, -0.1) is 0 Å². The number of hydrogen-bond donors (Lipinski definition) is 2. The normalized spacial score (nSPS) is 27.4. The van der Waals surface area contributed by atoms with Gasteiger partial charge in [0, 0.05) is 19.5 Å². The average Bonchev–Trinajstić information content (AvgIpc) is 2.78. The number of carbonyl (C=O) groups is 3. The predicted octanol–water partition coefficient (Wildman–Crippen LogP) is 1.39. The number of piperidine rings is 1. The molecule has 1 aliphatic carbocycles. The Hall–Kier alpha value is -1.63. The maximum Gasteiger partial charge on any atom is 0.344 e. The summed E-state index contributed by atoms with van der Waals surface area (Å²) in [7, 11) is 0. The summed E-state index contributed by atoms with van der Waals surface area (Å²) in [5.74, 6) is 0.0932. The Balaban J connectivity index is 1.50. The average molecular weight is 336 g/mol. The first-order valence-corrected chi connectivity index (χ1v) is 9.19. The molecule has 2 aliphatic heterocycles. The monoisotopic (exact) mass is 336 g/mol. The van der Waals surface area contributed by atoms with Crippen LogP contribution in [0.4, 0.5) is 4.79 Å². The summed E-state index contributed by atoms with van der Waals surface area (Å²) >= 11 is 0. The van der Waals surface area contributed by atoms with Gasteiger partial charge in [0.05, 0.1) is 0 Å². The summed E-state index contributed by atoms with van der Waals surface area (Å²) in [6.45, 7) is 4.93. The highest BCUT2D eigenvalue weighted by Gasteiger charge is 2.52. The van der Waals surface area contributed by atoms with E-state index in [1.807, 2.05) is 0 Å². The van der Waals surface area contributed by atoms with Gasteiger partial charge in [0.15, 0.2) is 0 Å². The zero-order valence-electron chi connectivity index (χ0n) is 14.5. The lowest BCUT2D eigenvalue weighted by Crippen LogP contribution is -2.51. The summed E-state index contributed by atoms with van der Waals surface area (Å²) in [5, 5.41) is 3.69. The number of likely N-dealkylation sites (tertiary alicyclic amines) is 1. The Morgan fingerprint density at radius 1 is 1.25 bits per heavy atom. The summed E-state index contributed by atoms with van der Waals surface area (Å²) in [6, 6.07) is -0.498. The Kier molecular flexibility index (Phi) is 5.08.